The summed E-state index contributed by atoms with van der Waals surface area (Å²) in [6.07, 6.45) is 0.900. The van der Waals surface area contributed by atoms with Gasteiger partial charge in [0.25, 0.3) is 15.9 Å². The molecule has 0 aliphatic rings. The molecule has 3 aromatic rings. The van der Waals surface area contributed by atoms with E-state index in [-0.39, 0.29) is 4.90 Å². The fourth-order valence-electron chi connectivity index (χ4n) is 3.06. The minimum atomic E-state index is -3.76. The van der Waals surface area contributed by atoms with Gasteiger partial charge in [-0.3, -0.25) is 4.72 Å². The van der Waals surface area contributed by atoms with Crippen LogP contribution in [0.15, 0.2) is 33.6 Å². The average Bonchev–Trinajstić information content (AvgIpc) is 3.09. The molecule has 0 aliphatic carbocycles. The Hall–Kier alpha value is -2.61. The molecule has 1 N–H and O–H groups in total. The second-order valence-corrected chi connectivity index (χ2v) is 7.85. The lowest BCUT2D eigenvalue weighted by Crippen LogP contribution is -2.14. The van der Waals surface area contributed by atoms with Crippen molar-refractivity contribution in [1.82, 2.24) is 14.8 Å². The monoisotopic (exact) mass is 374 g/mol. The van der Waals surface area contributed by atoms with Crippen molar-refractivity contribution >= 4 is 15.7 Å². The van der Waals surface area contributed by atoms with Gasteiger partial charge in [-0.05, 0) is 38.0 Å². The number of nitrogens with one attached hydrogen (secondary N) is 1. The highest BCUT2D eigenvalue weighted by Gasteiger charge is 2.28. The van der Waals surface area contributed by atoms with Crippen LogP contribution in [0.25, 0.3) is 11.6 Å². The van der Waals surface area contributed by atoms with E-state index >= 15 is 0 Å². The molecule has 0 fully saturated rings. The van der Waals surface area contributed by atoms with Crippen molar-refractivity contribution in [2.45, 2.75) is 39.0 Å². The second kappa shape index (κ2) is 6.60. The Morgan fingerprint density at radius 2 is 1.77 bits per heavy atom. The van der Waals surface area contributed by atoms with Gasteiger partial charge < -0.3 is 8.98 Å². The molecule has 7 nitrogen and oxygen atoms in total. The van der Waals surface area contributed by atoms with Gasteiger partial charge in [0.2, 0.25) is 5.89 Å². The fraction of sp³-hybridized carbons (Fsp3) is 0.333. The van der Waals surface area contributed by atoms with Gasteiger partial charge in [-0.15, -0.1) is 10.2 Å². The first-order valence-corrected chi connectivity index (χ1v) is 9.81. The number of hydrogen-bond acceptors (Lipinski definition) is 5. The summed E-state index contributed by atoms with van der Waals surface area (Å²) in [6, 6.07) is 7.36. The Labute approximate surface area is 153 Å². The number of anilines is 1. The summed E-state index contributed by atoms with van der Waals surface area (Å²) >= 11 is 0. The number of aromatic nitrogens is 3. The zero-order valence-corrected chi connectivity index (χ0v) is 16.3. The van der Waals surface area contributed by atoms with E-state index in [1.54, 1.807) is 44.5 Å². The molecule has 0 spiro atoms. The lowest BCUT2D eigenvalue weighted by Gasteiger charge is -2.09. The maximum Gasteiger partial charge on any atom is 0.264 e. The molecule has 0 bridgehead atoms. The van der Waals surface area contributed by atoms with Crippen molar-refractivity contribution in [1.29, 1.82) is 0 Å². The molecule has 0 atom stereocenters. The summed E-state index contributed by atoms with van der Waals surface area (Å²) in [5.41, 5.74) is 3.45. The SMILES string of the molecule is CCc1ccc(NS(=O)(=O)c2c(C)c(-c3nnc(C)o3)n(C)c2C)cc1. The van der Waals surface area contributed by atoms with Crippen LogP contribution in [0, 0.1) is 20.8 Å². The molecule has 0 unspecified atom stereocenters. The second-order valence-electron chi connectivity index (χ2n) is 6.23. The van der Waals surface area contributed by atoms with Crippen molar-refractivity contribution in [3.05, 3.63) is 47.0 Å². The molecule has 3 rings (SSSR count). The van der Waals surface area contributed by atoms with Gasteiger partial charge in [-0.1, -0.05) is 19.1 Å². The van der Waals surface area contributed by atoms with Gasteiger partial charge in [-0.2, -0.15) is 0 Å². The van der Waals surface area contributed by atoms with E-state index < -0.39 is 10.0 Å². The normalized spacial score (nSPS) is 11.7. The minimum Gasteiger partial charge on any atom is -0.420 e. The molecule has 0 radical (unpaired) electrons. The molecule has 26 heavy (non-hydrogen) atoms. The summed E-state index contributed by atoms with van der Waals surface area (Å²) < 4.78 is 35.9. The molecule has 0 aliphatic heterocycles. The predicted octanol–water partition coefficient (Wildman–Crippen LogP) is 3.36. The van der Waals surface area contributed by atoms with Crippen LogP contribution in [0.4, 0.5) is 5.69 Å². The van der Waals surface area contributed by atoms with Crippen molar-refractivity contribution in [2.24, 2.45) is 7.05 Å². The summed E-state index contributed by atoms with van der Waals surface area (Å²) in [5.74, 6) is 0.733. The van der Waals surface area contributed by atoms with Crippen LogP contribution >= 0.6 is 0 Å². The standard InChI is InChI=1S/C18H22N4O3S/c1-6-14-7-9-15(10-8-14)21-26(23,24)17-11(2)16(22(5)12(17)3)18-20-19-13(4)25-18/h7-10,21H,6H2,1-5H3. The van der Waals surface area contributed by atoms with E-state index in [2.05, 4.69) is 21.8 Å². The Morgan fingerprint density at radius 3 is 2.31 bits per heavy atom. The van der Waals surface area contributed by atoms with E-state index in [0.29, 0.717) is 34.4 Å². The first-order chi connectivity index (χ1) is 12.2. The van der Waals surface area contributed by atoms with Crippen LogP contribution in [0.1, 0.15) is 29.6 Å². The van der Waals surface area contributed by atoms with Gasteiger partial charge in [0.05, 0.1) is 0 Å². The molecule has 1 aromatic carbocycles. The van der Waals surface area contributed by atoms with Crippen LogP contribution in [0.3, 0.4) is 0 Å². The first kappa shape index (κ1) is 18.2. The Morgan fingerprint density at radius 1 is 1.12 bits per heavy atom. The van der Waals surface area contributed by atoms with Gasteiger partial charge >= 0.3 is 0 Å². The van der Waals surface area contributed by atoms with Crippen LogP contribution in [0.2, 0.25) is 0 Å². The molecule has 0 saturated heterocycles. The number of hydrogen-bond donors (Lipinski definition) is 1. The summed E-state index contributed by atoms with van der Waals surface area (Å²) in [6.45, 7) is 7.25. The summed E-state index contributed by atoms with van der Waals surface area (Å²) in [7, 11) is -1.97. The van der Waals surface area contributed by atoms with Gasteiger partial charge in [0.1, 0.15) is 10.6 Å². The Kier molecular flexibility index (Phi) is 4.62. The number of rotatable bonds is 5. The van der Waals surface area contributed by atoms with Crippen molar-refractivity contribution < 1.29 is 12.8 Å². The van der Waals surface area contributed by atoms with Gasteiger partial charge in [0, 0.05) is 30.9 Å². The highest BCUT2D eigenvalue weighted by molar-refractivity contribution is 7.92. The van der Waals surface area contributed by atoms with Crippen LogP contribution in [0.5, 0.6) is 0 Å². The quantitative estimate of drug-likeness (QED) is 0.739. The number of nitrogens with zero attached hydrogens (tertiary/aromatic N) is 3. The van der Waals surface area contributed by atoms with E-state index in [1.807, 2.05) is 12.1 Å². The van der Waals surface area contributed by atoms with Gasteiger partial charge in [0.15, 0.2) is 0 Å². The zero-order valence-electron chi connectivity index (χ0n) is 15.5. The number of aryl methyl sites for hydroxylation is 2. The first-order valence-electron chi connectivity index (χ1n) is 8.32. The lowest BCUT2D eigenvalue weighted by molar-refractivity contribution is 0.528. The average molecular weight is 374 g/mol. The smallest absolute Gasteiger partial charge is 0.264 e. The third kappa shape index (κ3) is 3.12. The fourth-order valence-corrected chi connectivity index (χ4v) is 4.63. The summed E-state index contributed by atoms with van der Waals surface area (Å²) in [4.78, 5) is 0.227. The molecule has 8 heteroatoms. The number of sulfonamides is 1. The third-order valence-corrected chi connectivity index (χ3v) is 6.12. The van der Waals surface area contributed by atoms with E-state index in [1.165, 1.54) is 0 Å². The molecular weight excluding hydrogens is 352 g/mol. The van der Waals surface area contributed by atoms with Crippen LogP contribution in [-0.2, 0) is 23.5 Å². The highest BCUT2D eigenvalue weighted by Crippen LogP contribution is 2.33. The van der Waals surface area contributed by atoms with E-state index in [9.17, 15) is 8.42 Å². The zero-order chi connectivity index (χ0) is 19.1. The van der Waals surface area contributed by atoms with Crippen LogP contribution < -0.4 is 4.72 Å². The van der Waals surface area contributed by atoms with Crippen molar-refractivity contribution in [2.75, 3.05) is 4.72 Å². The maximum atomic E-state index is 13.0. The van der Waals surface area contributed by atoms with E-state index in [4.69, 9.17) is 4.42 Å². The third-order valence-electron chi connectivity index (χ3n) is 4.47. The highest BCUT2D eigenvalue weighted by atomic mass is 32.2. The Bertz CT molecular complexity index is 1050. The van der Waals surface area contributed by atoms with Gasteiger partial charge in [-0.25, -0.2) is 8.42 Å². The predicted molar refractivity (Wildman–Crippen MR) is 99.5 cm³/mol. The van der Waals surface area contributed by atoms with E-state index in [0.717, 1.165) is 12.0 Å². The molecule has 0 saturated carbocycles. The molecular formula is C18H22N4O3S. The van der Waals surface area contributed by atoms with Crippen LogP contribution in [-0.4, -0.2) is 23.2 Å². The Balaban J connectivity index is 2.04. The largest absolute Gasteiger partial charge is 0.420 e. The van der Waals surface area contributed by atoms with Crippen molar-refractivity contribution in [3.8, 4) is 11.6 Å². The minimum absolute atomic E-state index is 0.227. The molecule has 138 valence electrons. The number of benzene rings is 1. The molecule has 2 aromatic heterocycles. The summed E-state index contributed by atoms with van der Waals surface area (Å²) in [5, 5.41) is 7.86. The molecule has 2 heterocycles. The topological polar surface area (TPSA) is 90.0 Å². The lowest BCUT2D eigenvalue weighted by atomic mass is 10.2. The van der Waals surface area contributed by atoms with Crippen molar-refractivity contribution in [3.63, 3.8) is 0 Å². The maximum absolute atomic E-state index is 13.0. The molecule has 0 amide bonds.